The Labute approximate surface area is 160 Å². The molecular formula is C21H29N3O3. The van der Waals surface area contributed by atoms with Crippen LogP contribution in [0.4, 0.5) is 0 Å². The minimum atomic E-state index is 0.0434. The maximum absolute atomic E-state index is 13.0. The molecule has 2 amide bonds. The number of carbonyl (C=O) groups excluding carboxylic acids is 2. The number of piperidine rings is 2. The molecular weight excluding hydrogens is 342 g/mol. The highest BCUT2D eigenvalue weighted by molar-refractivity contribution is 5.79. The fraction of sp³-hybridized carbons (Fsp3) is 0.667. The van der Waals surface area contributed by atoms with Crippen LogP contribution in [0.5, 0.6) is 0 Å². The van der Waals surface area contributed by atoms with Gasteiger partial charge in [0.05, 0.1) is 12.2 Å². The van der Waals surface area contributed by atoms with Gasteiger partial charge in [-0.05, 0) is 44.2 Å². The van der Waals surface area contributed by atoms with Crippen LogP contribution < -0.4 is 0 Å². The number of hydrogen-bond donors (Lipinski definition) is 0. The molecule has 0 saturated carbocycles. The fourth-order valence-corrected chi connectivity index (χ4v) is 4.87. The van der Waals surface area contributed by atoms with E-state index in [1.807, 2.05) is 23.1 Å². The van der Waals surface area contributed by atoms with Crippen molar-refractivity contribution in [2.24, 2.45) is 11.3 Å². The van der Waals surface area contributed by atoms with Crippen LogP contribution in [0, 0.1) is 11.3 Å². The first-order valence-electron chi connectivity index (χ1n) is 10.2. The van der Waals surface area contributed by atoms with Gasteiger partial charge in [0.1, 0.15) is 0 Å². The van der Waals surface area contributed by atoms with E-state index in [4.69, 9.17) is 4.74 Å². The summed E-state index contributed by atoms with van der Waals surface area (Å²) in [7, 11) is 0. The van der Waals surface area contributed by atoms with Gasteiger partial charge >= 0.3 is 0 Å². The van der Waals surface area contributed by atoms with Crippen molar-refractivity contribution in [2.45, 2.75) is 45.1 Å². The molecule has 1 aromatic heterocycles. The van der Waals surface area contributed by atoms with Crippen molar-refractivity contribution in [1.29, 1.82) is 0 Å². The van der Waals surface area contributed by atoms with Gasteiger partial charge in [0, 0.05) is 56.8 Å². The van der Waals surface area contributed by atoms with E-state index in [2.05, 4.69) is 9.88 Å². The highest BCUT2D eigenvalue weighted by Gasteiger charge is 2.43. The Kier molecular flexibility index (Phi) is 5.43. The van der Waals surface area contributed by atoms with Gasteiger partial charge in [-0.1, -0.05) is 6.07 Å². The molecule has 1 aromatic rings. The van der Waals surface area contributed by atoms with Crippen LogP contribution in [0.25, 0.3) is 0 Å². The molecule has 3 aliphatic rings. The molecule has 0 aliphatic carbocycles. The Morgan fingerprint density at radius 2 is 2.07 bits per heavy atom. The van der Waals surface area contributed by atoms with Crippen molar-refractivity contribution in [3.63, 3.8) is 0 Å². The Morgan fingerprint density at radius 3 is 2.85 bits per heavy atom. The Bertz CT molecular complexity index is 675. The molecule has 4 heterocycles. The number of ether oxygens (including phenoxy) is 1. The normalized spacial score (nSPS) is 27.2. The van der Waals surface area contributed by atoms with Gasteiger partial charge in [-0.3, -0.25) is 14.6 Å². The van der Waals surface area contributed by atoms with Crippen molar-refractivity contribution >= 4 is 11.8 Å². The van der Waals surface area contributed by atoms with Gasteiger partial charge < -0.3 is 14.5 Å². The zero-order chi connectivity index (χ0) is 18.7. The molecule has 146 valence electrons. The third kappa shape index (κ3) is 4.15. The molecule has 4 rings (SSSR count). The smallest absolute Gasteiger partial charge is 0.225 e. The lowest BCUT2D eigenvalue weighted by Gasteiger charge is -2.48. The van der Waals surface area contributed by atoms with Crippen molar-refractivity contribution < 1.29 is 14.3 Å². The van der Waals surface area contributed by atoms with Crippen molar-refractivity contribution in [3.05, 3.63) is 30.1 Å². The van der Waals surface area contributed by atoms with Crippen molar-refractivity contribution in [1.82, 2.24) is 14.8 Å². The van der Waals surface area contributed by atoms with E-state index in [0.29, 0.717) is 32.1 Å². The highest BCUT2D eigenvalue weighted by Crippen LogP contribution is 2.40. The van der Waals surface area contributed by atoms with Crippen LogP contribution in [0.15, 0.2) is 24.4 Å². The topological polar surface area (TPSA) is 62.7 Å². The number of rotatable bonds is 3. The van der Waals surface area contributed by atoms with Gasteiger partial charge in [0.2, 0.25) is 11.8 Å². The van der Waals surface area contributed by atoms with E-state index in [0.717, 1.165) is 57.4 Å². The molecule has 6 heteroatoms. The maximum atomic E-state index is 13.0. The monoisotopic (exact) mass is 371 g/mol. The van der Waals surface area contributed by atoms with Gasteiger partial charge in [-0.15, -0.1) is 0 Å². The van der Waals surface area contributed by atoms with Gasteiger partial charge in [-0.2, -0.15) is 0 Å². The summed E-state index contributed by atoms with van der Waals surface area (Å²) in [4.78, 5) is 33.9. The zero-order valence-electron chi connectivity index (χ0n) is 15.9. The molecule has 3 fully saturated rings. The first-order chi connectivity index (χ1) is 13.2. The fourth-order valence-electron chi connectivity index (χ4n) is 4.87. The number of pyridine rings is 1. The summed E-state index contributed by atoms with van der Waals surface area (Å²) in [6.45, 7) is 4.33. The van der Waals surface area contributed by atoms with E-state index in [-0.39, 0.29) is 17.2 Å². The molecule has 1 atom stereocenters. The molecule has 1 spiro atoms. The zero-order valence-corrected chi connectivity index (χ0v) is 15.9. The number of hydrogen-bond acceptors (Lipinski definition) is 4. The molecule has 0 aromatic carbocycles. The quantitative estimate of drug-likeness (QED) is 0.817. The van der Waals surface area contributed by atoms with Gasteiger partial charge in [-0.25, -0.2) is 0 Å². The van der Waals surface area contributed by atoms with Crippen molar-refractivity contribution in [3.8, 4) is 0 Å². The van der Waals surface area contributed by atoms with Crippen LogP contribution >= 0.6 is 0 Å². The highest BCUT2D eigenvalue weighted by atomic mass is 16.5. The summed E-state index contributed by atoms with van der Waals surface area (Å²) in [6, 6.07) is 5.82. The molecule has 0 radical (unpaired) electrons. The first-order valence-corrected chi connectivity index (χ1v) is 10.2. The van der Waals surface area contributed by atoms with E-state index < -0.39 is 0 Å². The lowest BCUT2D eigenvalue weighted by atomic mass is 9.73. The van der Waals surface area contributed by atoms with Crippen LogP contribution in [-0.4, -0.2) is 59.4 Å². The summed E-state index contributed by atoms with van der Waals surface area (Å²) in [6.07, 6.45) is 7.04. The average molecular weight is 371 g/mol. The average Bonchev–Trinajstić information content (AvgIpc) is 2.72. The maximum Gasteiger partial charge on any atom is 0.225 e. The number of amides is 2. The molecule has 3 saturated heterocycles. The number of aromatic nitrogens is 1. The summed E-state index contributed by atoms with van der Waals surface area (Å²) in [5.41, 5.74) is 0.968. The van der Waals surface area contributed by atoms with E-state index >= 15 is 0 Å². The van der Waals surface area contributed by atoms with Gasteiger partial charge in [0.15, 0.2) is 0 Å². The molecule has 0 unspecified atom stereocenters. The molecule has 27 heavy (non-hydrogen) atoms. The Balaban J connectivity index is 1.43. The predicted octanol–water partition coefficient (Wildman–Crippen LogP) is 2.24. The molecule has 3 aliphatic heterocycles. The van der Waals surface area contributed by atoms with Crippen LogP contribution in [0.1, 0.15) is 44.2 Å². The van der Waals surface area contributed by atoms with E-state index in [1.165, 1.54) is 0 Å². The lowest BCUT2D eigenvalue weighted by Crippen LogP contribution is -2.55. The number of carbonyl (C=O) groups is 2. The van der Waals surface area contributed by atoms with Crippen LogP contribution in [0.2, 0.25) is 0 Å². The molecule has 6 nitrogen and oxygen atoms in total. The largest absolute Gasteiger partial charge is 0.381 e. The van der Waals surface area contributed by atoms with E-state index in [1.54, 1.807) is 6.20 Å². The molecule has 0 N–H and O–H groups in total. The Hall–Kier alpha value is -1.95. The van der Waals surface area contributed by atoms with E-state index in [9.17, 15) is 9.59 Å². The summed E-state index contributed by atoms with van der Waals surface area (Å²) >= 11 is 0. The first kappa shape index (κ1) is 18.4. The minimum absolute atomic E-state index is 0.0434. The second-order valence-corrected chi connectivity index (χ2v) is 8.32. The second-order valence-electron chi connectivity index (χ2n) is 8.32. The predicted molar refractivity (Wildman–Crippen MR) is 101 cm³/mol. The van der Waals surface area contributed by atoms with Crippen molar-refractivity contribution in [2.75, 3.05) is 32.8 Å². The lowest BCUT2D eigenvalue weighted by molar-refractivity contribution is -0.147. The standard InChI is InChI=1S/C21H29N3O3/c25-19-5-9-21(16-24(19)14-18-4-1-2-10-22-18)8-3-11-23(15-21)20(26)17-6-12-27-13-7-17/h1-2,4,10,17H,3,5-9,11-16H2/t21-/m0/s1. The summed E-state index contributed by atoms with van der Waals surface area (Å²) in [5, 5.41) is 0. The summed E-state index contributed by atoms with van der Waals surface area (Å²) < 4.78 is 5.41. The number of nitrogens with zero attached hydrogens (tertiary/aromatic N) is 3. The number of likely N-dealkylation sites (tertiary alicyclic amines) is 2. The van der Waals surface area contributed by atoms with Gasteiger partial charge in [0.25, 0.3) is 0 Å². The van der Waals surface area contributed by atoms with Crippen LogP contribution in [0.3, 0.4) is 0 Å². The van der Waals surface area contributed by atoms with Crippen LogP contribution in [-0.2, 0) is 20.9 Å². The third-order valence-corrected chi connectivity index (χ3v) is 6.37. The molecule has 0 bridgehead atoms. The second kappa shape index (κ2) is 7.97. The SMILES string of the molecule is O=C1CC[C@]2(CCCN(C(=O)C3CCOCC3)C2)CN1Cc1ccccn1. The summed E-state index contributed by atoms with van der Waals surface area (Å²) in [5.74, 6) is 0.619. The Morgan fingerprint density at radius 1 is 1.22 bits per heavy atom. The minimum Gasteiger partial charge on any atom is -0.381 e. The third-order valence-electron chi connectivity index (χ3n) is 6.37.